The minimum Gasteiger partial charge on any atom is -0.392 e. The molecule has 7 heteroatoms. The van der Waals surface area contributed by atoms with Crippen LogP contribution in [0.5, 0.6) is 0 Å². The summed E-state index contributed by atoms with van der Waals surface area (Å²) in [7, 11) is 0. The molecule has 1 atom stereocenters. The molecule has 0 saturated carbocycles. The third-order valence-electron chi connectivity index (χ3n) is 3.53. The van der Waals surface area contributed by atoms with Crippen molar-refractivity contribution in [3.8, 4) is 5.69 Å². The fourth-order valence-electron chi connectivity index (χ4n) is 2.38. The summed E-state index contributed by atoms with van der Waals surface area (Å²) in [6.07, 6.45) is 1.55. The maximum absolute atomic E-state index is 13.4. The lowest BCUT2D eigenvalue weighted by Gasteiger charge is -2.16. The molecule has 0 saturated heterocycles. The van der Waals surface area contributed by atoms with Gasteiger partial charge in [-0.2, -0.15) is 5.10 Å². The van der Waals surface area contributed by atoms with Gasteiger partial charge in [0.05, 0.1) is 23.7 Å². The van der Waals surface area contributed by atoms with E-state index in [1.54, 1.807) is 19.2 Å². The van der Waals surface area contributed by atoms with E-state index in [-0.39, 0.29) is 6.61 Å². The molecule has 2 rings (SSSR count). The lowest BCUT2D eigenvalue weighted by atomic mass is 10.1. The van der Waals surface area contributed by atoms with Crippen molar-refractivity contribution in [2.45, 2.75) is 26.6 Å². The highest BCUT2D eigenvalue weighted by atomic mass is 19.1. The van der Waals surface area contributed by atoms with Crippen molar-refractivity contribution >= 4 is 6.21 Å². The average molecular weight is 332 g/mol. The van der Waals surface area contributed by atoms with Gasteiger partial charge in [-0.15, -0.1) is 0 Å². The zero-order valence-corrected chi connectivity index (χ0v) is 13.6. The van der Waals surface area contributed by atoms with E-state index in [0.29, 0.717) is 34.8 Å². The summed E-state index contributed by atoms with van der Waals surface area (Å²) in [4.78, 5) is 0. The van der Waals surface area contributed by atoms with Gasteiger partial charge in [-0.3, -0.25) is 0 Å². The van der Waals surface area contributed by atoms with Gasteiger partial charge in [0.1, 0.15) is 11.9 Å². The van der Waals surface area contributed by atoms with Crippen molar-refractivity contribution in [2.24, 2.45) is 0 Å². The smallest absolute Gasteiger partial charge is 0.124 e. The van der Waals surface area contributed by atoms with Crippen LogP contribution in [0.2, 0.25) is 0 Å². The van der Waals surface area contributed by atoms with Gasteiger partial charge in [0.15, 0.2) is 0 Å². The Balaban J connectivity index is 2.53. The van der Waals surface area contributed by atoms with Crippen LogP contribution in [0.4, 0.5) is 4.39 Å². The van der Waals surface area contributed by atoms with E-state index >= 15 is 0 Å². The number of hydrogen-bond acceptors (Lipinski definition) is 5. The molecule has 1 heterocycles. The highest BCUT2D eigenvalue weighted by Crippen LogP contribution is 2.26. The van der Waals surface area contributed by atoms with E-state index in [9.17, 15) is 14.6 Å². The molecule has 0 aliphatic heterocycles. The van der Waals surface area contributed by atoms with Crippen molar-refractivity contribution in [1.29, 1.82) is 5.41 Å². The fourth-order valence-corrected chi connectivity index (χ4v) is 2.38. The van der Waals surface area contributed by atoms with Gasteiger partial charge < -0.3 is 20.9 Å². The second-order valence-electron chi connectivity index (χ2n) is 5.30. The highest BCUT2D eigenvalue weighted by Gasteiger charge is 2.20. The molecule has 0 fully saturated rings. The van der Waals surface area contributed by atoms with Gasteiger partial charge in [0.2, 0.25) is 0 Å². The molecule has 0 bridgehead atoms. The molecule has 4 N–H and O–H groups in total. The topological polar surface area (TPSA) is 94.2 Å². The lowest BCUT2D eigenvalue weighted by molar-refractivity contribution is 0.213. The molecule has 0 amide bonds. The summed E-state index contributed by atoms with van der Waals surface area (Å²) < 4.78 is 14.9. The molecule has 1 aromatic carbocycles. The second kappa shape index (κ2) is 7.85. The van der Waals surface area contributed by atoms with Crippen molar-refractivity contribution in [2.75, 3.05) is 6.54 Å². The summed E-state index contributed by atoms with van der Waals surface area (Å²) in [6, 6.07) is 5.70. The van der Waals surface area contributed by atoms with E-state index in [0.717, 1.165) is 6.21 Å². The quantitative estimate of drug-likeness (QED) is 0.583. The van der Waals surface area contributed by atoms with Crippen LogP contribution >= 0.6 is 0 Å². The minimum absolute atomic E-state index is 0.355. The second-order valence-corrected chi connectivity index (χ2v) is 5.30. The summed E-state index contributed by atoms with van der Waals surface area (Å²) >= 11 is 0. The third kappa shape index (κ3) is 3.69. The number of nitrogens with one attached hydrogen (secondary N) is 2. The summed E-state index contributed by atoms with van der Waals surface area (Å²) in [5.41, 5.74) is 2.30. The molecule has 2 aromatic rings. The zero-order chi connectivity index (χ0) is 17.7. The zero-order valence-electron chi connectivity index (χ0n) is 13.6. The van der Waals surface area contributed by atoms with Gasteiger partial charge >= 0.3 is 0 Å². The van der Waals surface area contributed by atoms with Crippen LogP contribution in [0.1, 0.15) is 30.0 Å². The molecular formula is C17H21FN4O2. The Kier molecular flexibility index (Phi) is 5.83. The molecular weight excluding hydrogens is 311 g/mol. The Bertz CT molecular complexity index is 755. The molecule has 1 unspecified atom stereocenters. The van der Waals surface area contributed by atoms with Crippen LogP contribution in [-0.4, -0.2) is 32.8 Å². The van der Waals surface area contributed by atoms with Crippen molar-refractivity contribution in [3.05, 3.63) is 58.8 Å². The number of aliphatic hydroxyl groups is 2. The number of rotatable bonds is 7. The van der Waals surface area contributed by atoms with E-state index < -0.39 is 11.9 Å². The standard InChI is InChI=1S/C17H21FN4O2/c1-3-20-9-13(8-19)17(24)16-6-11(2)21-22(16)15-5-4-14(18)7-12(15)10-23/h4-9,17,19-20,23-24H,3,10H2,1-2H3/b13-9+,19-8?. The van der Waals surface area contributed by atoms with E-state index in [1.165, 1.54) is 22.9 Å². The monoisotopic (exact) mass is 332 g/mol. The predicted octanol–water partition coefficient (Wildman–Crippen LogP) is 1.99. The maximum Gasteiger partial charge on any atom is 0.124 e. The number of aliphatic hydroxyl groups excluding tert-OH is 2. The number of nitrogens with zero attached hydrogens (tertiary/aromatic N) is 2. The lowest BCUT2D eigenvalue weighted by Crippen LogP contribution is -2.14. The van der Waals surface area contributed by atoms with Crippen molar-refractivity contribution < 1.29 is 14.6 Å². The summed E-state index contributed by atoms with van der Waals surface area (Å²) in [6.45, 7) is 3.99. The van der Waals surface area contributed by atoms with E-state index in [1.807, 2.05) is 6.92 Å². The Labute approximate surface area is 139 Å². The SMILES string of the molecule is CCN/C=C(\C=N)C(O)c1cc(C)nn1-c1ccc(F)cc1CO. The summed E-state index contributed by atoms with van der Waals surface area (Å²) in [5.74, 6) is -0.457. The van der Waals surface area contributed by atoms with Gasteiger partial charge in [0, 0.05) is 30.1 Å². The van der Waals surface area contributed by atoms with Crippen LogP contribution in [-0.2, 0) is 6.61 Å². The van der Waals surface area contributed by atoms with E-state index in [4.69, 9.17) is 5.41 Å². The third-order valence-corrected chi connectivity index (χ3v) is 3.53. The molecule has 24 heavy (non-hydrogen) atoms. The number of benzene rings is 1. The molecule has 0 aliphatic rings. The first-order chi connectivity index (χ1) is 11.5. The molecule has 128 valence electrons. The number of halogens is 1. The van der Waals surface area contributed by atoms with Gasteiger partial charge in [-0.05, 0) is 38.1 Å². The van der Waals surface area contributed by atoms with Gasteiger partial charge in [-0.25, -0.2) is 9.07 Å². The van der Waals surface area contributed by atoms with Crippen LogP contribution in [0.3, 0.4) is 0 Å². The molecule has 6 nitrogen and oxygen atoms in total. The number of hydrogen-bond donors (Lipinski definition) is 4. The van der Waals surface area contributed by atoms with Crippen LogP contribution in [0, 0.1) is 18.2 Å². The Hall–Kier alpha value is -2.51. The van der Waals surface area contributed by atoms with E-state index in [2.05, 4.69) is 10.4 Å². The number of aryl methyl sites for hydroxylation is 1. The average Bonchev–Trinajstić information content (AvgIpc) is 2.96. The first-order valence-corrected chi connectivity index (χ1v) is 7.60. The number of aromatic nitrogens is 2. The Morgan fingerprint density at radius 1 is 1.46 bits per heavy atom. The van der Waals surface area contributed by atoms with Crippen LogP contribution < -0.4 is 5.32 Å². The largest absolute Gasteiger partial charge is 0.392 e. The van der Waals surface area contributed by atoms with Crippen molar-refractivity contribution in [1.82, 2.24) is 15.1 Å². The predicted molar refractivity (Wildman–Crippen MR) is 89.7 cm³/mol. The minimum atomic E-state index is -1.08. The molecule has 0 spiro atoms. The Morgan fingerprint density at radius 3 is 2.83 bits per heavy atom. The highest BCUT2D eigenvalue weighted by molar-refractivity contribution is 5.77. The van der Waals surface area contributed by atoms with Gasteiger partial charge in [-0.1, -0.05) is 0 Å². The van der Waals surface area contributed by atoms with Crippen molar-refractivity contribution in [3.63, 3.8) is 0 Å². The normalized spacial score (nSPS) is 13.0. The Morgan fingerprint density at radius 2 is 2.21 bits per heavy atom. The first-order valence-electron chi connectivity index (χ1n) is 7.60. The van der Waals surface area contributed by atoms with Crippen LogP contribution in [0.15, 0.2) is 36.0 Å². The first kappa shape index (κ1) is 17.8. The molecule has 1 aromatic heterocycles. The van der Waals surface area contributed by atoms with Crippen LogP contribution in [0.25, 0.3) is 5.69 Å². The molecule has 0 radical (unpaired) electrons. The van der Waals surface area contributed by atoms with Gasteiger partial charge in [0.25, 0.3) is 0 Å². The fraction of sp³-hybridized carbons (Fsp3) is 0.294. The molecule has 0 aliphatic carbocycles. The maximum atomic E-state index is 13.4. The summed E-state index contributed by atoms with van der Waals surface area (Å²) in [5, 5.41) is 34.9.